The molecule has 0 spiro atoms. The van der Waals surface area contributed by atoms with Gasteiger partial charge in [-0.3, -0.25) is 0 Å². The summed E-state index contributed by atoms with van der Waals surface area (Å²) in [7, 11) is 0. The molecule has 0 heteroatoms. The van der Waals surface area contributed by atoms with Crippen molar-refractivity contribution in [3.8, 4) is 11.8 Å². The molecule has 0 aromatic rings. The van der Waals surface area contributed by atoms with E-state index < -0.39 is 0 Å². The van der Waals surface area contributed by atoms with Crippen LogP contribution in [0.25, 0.3) is 0 Å². The van der Waals surface area contributed by atoms with Crippen molar-refractivity contribution in [3.05, 3.63) is 0 Å². The van der Waals surface area contributed by atoms with Crippen LogP contribution in [0.3, 0.4) is 0 Å². The van der Waals surface area contributed by atoms with Crippen molar-refractivity contribution in [2.75, 3.05) is 0 Å². The molecular weight excluding hydrogens is 132 g/mol. The molecule has 0 nitrogen and oxygen atoms in total. The molecule has 0 unspecified atom stereocenters. The molecule has 0 aliphatic rings. The lowest BCUT2D eigenvalue weighted by Gasteiger charge is -1.92. The van der Waals surface area contributed by atoms with Gasteiger partial charge in [-0.05, 0) is 6.42 Å². The fourth-order valence-corrected chi connectivity index (χ4v) is 0.916. The Labute approximate surface area is 71.4 Å². The quantitative estimate of drug-likeness (QED) is 0.426. The summed E-state index contributed by atoms with van der Waals surface area (Å²) in [5.74, 6) is 6.91. The molecule has 0 atom stereocenters. The minimum absolute atomic E-state index is 0.543. The van der Waals surface area contributed by atoms with Crippen molar-refractivity contribution >= 4 is 0 Å². The van der Waals surface area contributed by atoms with E-state index in [0.717, 1.165) is 6.42 Å². The first-order valence-corrected chi connectivity index (χ1v) is 4.75. The summed E-state index contributed by atoms with van der Waals surface area (Å²) in [4.78, 5) is 0. The Balaban J connectivity index is 3.09. The Kier molecular flexibility index (Phi) is 7.36. The summed E-state index contributed by atoms with van der Waals surface area (Å²) in [6.07, 6.45) is 6.41. The van der Waals surface area contributed by atoms with Gasteiger partial charge in [-0.1, -0.05) is 40.0 Å². The van der Waals surface area contributed by atoms with Crippen molar-refractivity contribution in [2.45, 2.75) is 52.9 Å². The zero-order valence-electron chi connectivity index (χ0n) is 8.11. The molecule has 0 bridgehead atoms. The minimum atomic E-state index is 0.543. The van der Waals surface area contributed by atoms with E-state index >= 15 is 0 Å². The lowest BCUT2D eigenvalue weighted by atomic mass is 10.1. The van der Waals surface area contributed by atoms with E-state index in [2.05, 4.69) is 32.6 Å². The van der Waals surface area contributed by atoms with E-state index in [1.807, 2.05) is 0 Å². The van der Waals surface area contributed by atoms with Gasteiger partial charge >= 0.3 is 0 Å². The Bertz CT molecular complexity index is 123. The molecule has 0 N–H and O–H groups in total. The van der Waals surface area contributed by atoms with E-state index in [1.165, 1.54) is 25.7 Å². The first-order chi connectivity index (χ1) is 5.27. The van der Waals surface area contributed by atoms with Gasteiger partial charge in [-0.25, -0.2) is 0 Å². The molecule has 0 radical (unpaired) electrons. The monoisotopic (exact) mass is 152 g/mol. The lowest BCUT2D eigenvalue weighted by Crippen LogP contribution is -1.78. The molecule has 0 aliphatic heterocycles. The van der Waals surface area contributed by atoms with Crippen molar-refractivity contribution in [3.63, 3.8) is 0 Å². The van der Waals surface area contributed by atoms with Crippen LogP contribution < -0.4 is 0 Å². The number of rotatable bonds is 4. The minimum Gasteiger partial charge on any atom is -0.103 e. The third-order valence-electron chi connectivity index (χ3n) is 1.55. The van der Waals surface area contributed by atoms with Gasteiger partial charge in [-0.15, -0.1) is 11.8 Å². The van der Waals surface area contributed by atoms with E-state index in [4.69, 9.17) is 0 Å². The first kappa shape index (κ1) is 10.6. The summed E-state index contributed by atoms with van der Waals surface area (Å²) >= 11 is 0. The number of hydrogen-bond donors (Lipinski definition) is 0. The SMILES string of the molecule is CCCCCCC#CC(C)C. The van der Waals surface area contributed by atoms with Crippen LogP contribution in [-0.2, 0) is 0 Å². The molecule has 0 saturated carbocycles. The Morgan fingerprint density at radius 1 is 1.09 bits per heavy atom. The fourth-order valence-electron chi connectivity index (χ4n) is 0.916. The van der Waals surface area contributed by atoms with Gasteiger partial charge < -0.3 is 0 Å². The average molecular weight is 152 g/mol. The zero-order valence-corrected chi connectivity index (χ0v) is 8.11. The molecule has 0 aromatic carbocycles. The molecule has 64 valence electrons. The average Bonchev–Trinajstić information content (AvgIpc) is 1.96. The highest BCUT2D eigenvalue weighted by Gasteiger charge is 1.84. The normalized spacial score (nSPS) is 9.45. The summed E-state index contributed by atoms with van der Waals surface area (Å²) in [5.41, 5.74) is 0. The number of unbranched alkanes of at least 4 members (excludes halogenated alkanes) is 4. The lowest BCUT2D eigenvalue weighted by molar-refractivity contribution is 0.679. The highest BCUT2D eigenvalue weighted by atomic mass is 13.9. The van der Waals surface area contributed by atoms with Gasteiger partial charge in [0.25, 0.3) is 0 Å². The molecule has 0 amide bonds. The van der Waals surface area contributed by atoms with Crippen LogP contribution >= 0.6 is 0 Å². The summed E-state index contributed by atoms with van der Waals surface area (Å²) < 4.78 is 0. The van der Waals surface area contributed by atoms with E-state index in [0.29, 0.717) is 5.92 Å². The van der Waals surface area contributed by atoms with Crippen molar-refractivity contribution in [2.24, 2.45) is 5.92 Å². The van der Waals surface area contributed by atoms with Crippen LogP contribution in [0.1, 0.15) is 52.9 Å². The molecule has 0 fully saturated rings. The van der Waals surface area contributed by atoms with Gasteiger partial charge in [-0.2, -0.15) is 0 Å². The Morgan fingerprint density at radius 2 is 1.82 bits per heavy atom. The van der Waals surface area contributed by atoms with Gasteiger partial charge in [0.05, 0.1) is 0 Å². The second-order valence-corrected chi connectivity index (χ2v) is 3.29. The zero-order chi connectivity index (χ0) is 8.53. The summed E-state index contributed by atoms with van der Waals surface area (Å²) in [6, 6.07) is 0. The molecule has 0 rings (SSSR count). The molecule has 0 aromatic heterocycles. The van der Waals surface area contributed by atoms with E-state index in [9.17, 15) is 0 Å². The Hall–Kier alpha value is -0.440. The third-order valence-corrected chi connectivity index (χ3v) is 1.55. The van der Waals surface area contributed by atoms with Gasteiger partial charge in [0.2, 0.25) is 0 Å². The highest BCUT2D eigenvalue weighted by molar-refractivity contribution is 5.00. The predicted octanol–water partition coefficient (Wildman–Crippen LogP) is 3.62. The van der Waals surface area contributed by atoms with E-state index in [-0.39, 0.29) is 0 Å². The predicted molar refractivity (Wildman–Crippen MR) is 51.4 cm³/mol. The molecule has 0 aliphatic carbocycles. The van der Waals surface area contributed by atoms with Crippen molar-refractivity contribution < 1.29 is 0 Å². The van der Waals surface area contributed by atoms with Crippen LogP contribution in [0.5, 0.6) is 0 Å². The Morgan fingerprint density at radius 3 is 2.36 bits per heavy atom. The molecular formula is C11H20. The topological polar surface area (TPSA) is 0 Å². The smallest absolute Gasteiger partial charge is 0.0146 e. The van der Waals surface area contributed by atoms with Gasteiger partial charge in [0.15, 0.2) is 0 Å². The maximum atomic E-state index is 3.19. The maximum absolute atomic E-state index is 3.19. The summed E-state index contributed by atoms with van der Waals surface area (Å²) in [6.45, 7) is 6.51. The fraction of sp³-hybridized carbons (Fsp3) is 0.818. The van der Waals surface area contributed by atoms with Crippen molar-refractivity contribution in [1.29, 1.82) is 0 Å². The standard InChI is InChI=1S/C11H20/c1-4-5-6-7-8-9-10-11(2)3/h11H,4-8H2,1-3H3. The summed E-state index contributed by atoms with van der Waals surface area (Å²) in [5, 5.41) is 0. The molecule has 0 heterocycles. The van der Waals surface area contributed by atoms with Crippen LogP contribution in [0.4, 0.5) is 0 Å². The largest absolute Gasteiger partial charge is 0.103 e. The van der Waals surface area contributed by atoms with Crippen LogP contribution in [-0.4, -0.2) is 0 Å². The van der Waals surface area contributed by atoms with Crippen LogP contribution in [0.2, 0.25) is 0 Å². The third kappa shape index (κ3) is 9.56. The van der Waals surface area contributed by atoms with Gasteiger partial charge in [0.1, 0.15) is 0 Å². The molecule has 11 heavy (non-hydrogen) atoms. The second kappa shape index (κ2) is 7.66. The van der Waals surface area contributed by atoms with Gasteiger partial charge in [0, 0.05) is 12.3 Å². The van der Waals surface area contributed by atoms with E-state index in [1.54, 1.807) is 0 Å². The maximum Gasteiger partial charge on any atom is 0.0146 e. The molecule has 0 saturated heterocycles. The number of hydrogen-bond acceptors (Lipinski definition) is 0. The highest BCUT2D eigenvalue weighted by Crippen LogP contribution is 2.01. The van der Waals surface area contributed by atoms with Crippen molar-refractivity contribution in [1.82, 2.24) is 0 Å². The first-order valence-electron chi connectivity index (χ1n) is 4.75. The second-order valence-electron chi connectivity index (χ2n) is 3.29. The van der Waals surface area contributed by atoms with Crippen LogP contribution in [0, 0.1) is 17.8 Å². The van der Waals surface area contributed by atoms with Crippen LogP contribution in [0.15, 0.2) is 0 Å².